The summed E-state index contributed by atoms with van der Waals surface area (Å²) in [5.74, 6) is -0.805. The zero-order valence-corrected chi connectivity index (χ0v) is 8.09. The maximum absolute atomic E-state index is 10.6. The quantitative estimate of drug-likeness (QED) is 0.658. The molecule has 0 spiro atoms. The van der Waals surface area contributed by atoms with E-state index in [0.29, 0.717) is 0 Å². The summed E-state index contributed by atoms with van der Waals surface area (Å²) in [4.78, 5) is 10.6. The van der Waals surface area contributed by atoms with Crippen LogP contribution in [0.3, 0.4) is 0 Å². The molecule has 2 nitrogen and oxygen atoms in total. The Kier molecular flexibility index (Phi) is 3.74. The molecule has 12 heavy (non-hydrogen) atoms. The van der Waals surface area contributed by atoms with Gasteiger partial charge in [0.15, 0.2) is 0 Å². The van der Waals surface area contributed by atoms with Crippen LogP contribution in [0.5, 0.6) is 0 Å². The highest BCUT2D eigenvalue weighted by Gasteiger charge is 2.22. The lowest BCUT2D eigenvalue weighted by molar-refractivity contribution is -0.144. The van der Waals surface area contributed by atoms with Gasteiger partial charge in [-0.25, -0.2) is 0 Å². The molecule has 0 heterocycles. The normalized spacial score (nSPS) is 11.7. The maximum atomic E-state index is 10.6. The summed E-state index contributed by atoms with van der Waals surface area (Å²) in [6.07, 6.45) is 5.36. The number of carboxylic acids is 1. The van der Waals surface area contributed by atoms with E-state index in [1.165, 1.54) is 0 Å². The van der Waals surface area contributed by atoms with E-state index in [1.54, 1.807) is 26.0 Å². The second-order valence-electron chi connectivity index (χ2n) is 3.63. The molecule has 0 aromatic rings. The molecule has 68 valence electrons. The Bertz CT molecular complexity index is 218. The highest BCUT2D eigenvalue weighted by Crippen LogP contribution is 2.16. The molecule has 0 rings (SSSR count). The van der Waals surface area contributed by atoms with Crippen molar-refractivity contribution in [1.29, 1.82) is 0 Å². The van der Waals surface area contributed by atoms with Gasteiger partial charge in [-0.15, -0.1) is 0 Å². The minimum absolute atomic E-state index is 0.772. The number of aliphatic carboxylic acids is 1. The van der Waals surface area contributed by atoms with Crippen molar-refractivity contribution in [2.24, 2.45) is 5.41 Å². The van der Waals surface area contributed by atoms with Gasteiger partial charge in [-0.3, -0.25) is 4.79 Å². The van der Waals surface area contributed by atoms with Gasteiger partial charge in [0.05, 0.1) is 5.41 Å². The molecule has 0 amide bonds. The van der Waals surface area contributed by atoms with E-state index in [0.717, 1.165) is 5.57 Å². The van der Waals surface area contributed by atoms with E-state index in [-0.39, 0.29) is 0 Å². The highest BCUT2D eigenvalue weighted by molar-refractivity contribution is 5.76. The summed E-state index contributed by atoms with van der Waals surface area (Å²) in [5.41, 5.74) is 0.388. The highest BCUT2D eigenvalue weighted by atomic mass is 16.4. The average Bonchev–Trinajstić information content (AvgIpc) is 1.85. The standard InChI is InChI=1S/C10H16O2/c1-8(2)6-5-7-10(3,4)9(11)12/h5-7H,1-4H3,(H,11,12)/b7-5+. The predicted molar refractivity (Wildman–Crippen MR) is 50.0 cm³/mol. The van der Waals surface area contributed by atoms with Crippen molar-refractivity contribution in [3.63, 3.8) is 0 Å². The third-order valence-electron chi connectivity index (χ3n) is 1.49. The summed E-state index contributed by atoms with van der Waals surface area (Å²) in [6, 6.07) is 0. The Morgan fingerprint density at radius 1 is 1.33 bits per heavy atom. The molecule has 0 fully saturated rings. The second-order valence-corrected chi connectivity index (χ2v) is 3.63. The lowest BCUT2D eigenvalue weighted by Gasteiger charge is -2.12. The van der Waals surface area contributed by atoms with Crippen molar-refractivity contribution in [1.82, 2.24) is 0 Å². The second kappa shape index (κ2) is 4.10. The first-order valence-corrected chi connectivity index (χ1v) is 3.92. The van der Waals surface area contributed by atoms with Crippen LogP contribution in [0.15, 0.2) is 23.8 Å². The molecule has 0 aromatic heterocycles. The lowest BCUT2D eigenvalue weighted by atomic mass is 9.93. The SMILES string of the molecule is CC(C)=C/C=C/C(C)(C)C(=O)O. The minimum atomic E-state index is -0.805. The van der Waals surface area contributed by atoms with E-state index < -0.39 is 11.4 Å². The molecule has 0 atom stereocenters. The van der Waals surface area contributed by atoms with Gasteiger partial charge in [-0.05, 0) is 27.7 Å². The van der Waals surface area contributed by atoms with Gasteiger partial charge in [-0.1, -0.05) is 23.8 Å². The summed E-state index contributed by atoms with van der Waals surface area (Å²) in [7, 11) is 0. The van der Waals surface area contributed by atoms with Gasteiger partial charge in [0.1, 0.15) is 0 Å². The molecule has 0 aromatic carbocycles. The first-order valence-electron chi connectivity index (χ1n) is 3.92. The Morgan fingerprint density at radius 3 is 2.17 bits per heavy atom. The number of allylic oxidation sites excluding steroid dienone is 3. The van der Waals surface area contributed by atoms with Gasteiger partial charge < -0.3 is 5.11 Å². The number of carbonyl (C=O) groups is 1. The molecular formula is C10H16O2. The van der Waals surface area contributed by atoms with Gasteiger partial charge in [-0.2, -0.15) is 0 Å². The first kappa shape index (κ1) is 11.0. The fourth-order valence-corrected chi connectivity index (χ4v) is 0.552. The van der Waals surface area contributed by atoms with Crippen LogP contribution in [0.2, 0.25) is 0 Å². The van der Waals surface area contributed by atoms with Gasteiger partial charge in [0, 0.05) is 0 Å². The molecule has 0 aliphatic rings. The van der Waals surface area contributed by atoms with E-state index in [2.05, 4.69) is 0 Å². The Labute approximate surface area is 73.6 Å². The third kappa shape index (κ3) is 3.96. The fraction of sp³-hybridized carbons (Fsp3) is 0.500. The molecule has 0 radical (unpaired) electrons. The largest absolute Gasteiger partial charge is 0.481 e. The number of hydrogen-bond acceptors (Lipinski definition) is 1. The van der Waals surface area contributed by atoms with Crippen LogP contribution >= 0.6 is 0 Å². The van der Waals surface area contributed by atoms with E-state index in [9.17, 15) is 4.79 Å². The Hall–Kier alpha value is -1.05. The van der Waals surface area contributed by atoms with E-state index in [1.807, 2.05) is 19.9 Å². The van der Waals surface area contributed by atoms with Gasteiger partial charge >= 0.3 is 5.97 Å². The van der Waals surface area contributed by atoms with Crippen molar-refractivity contribution < 1.29 is 9.90 Å². The van der Waals surface area contributed by atoms with Crippen molar-refractivity contribution >= 4 is 5.97 Å². The number of carboxylic acid groups (broad SMARTS) is 1. The summed E-state index contributed by atoms with van der Waals surface area (Å²) in [5, 5.41) is 8.73. The van der Waals surface area contributed by atoms with Crippen LogP contribution in [0.1, 0.15) is 27.7 Å². The van der Waals surface area contributed by atoms with Crippen molar-refractivity contribution in [3.8, 4) is 0 Å². The van der Waals surface area contributed by atoms with Crippen molar-refractivity contribution in [2.75, 3.05) is 0 Å². The van der Waals surface area contributed by atoms with Crippen LogP contribution in [-0.4, -0.2) is 11.1 Å². The monoisotopic (exact) mass is 168 g/mol. The molecule has 1 N–H and O–H groups in total. The summed E-state index contributed by atoms with van der Waals surface area (Å²) < 4.78 is 0. The van der Waals surface area contributed by atoms with Crippen molar-refractivity contribution in [3.05, 3.63) is 23.8 Å². The minimum Gasteiger partial charge on any atom is -0.481 e. The van der Waals surface area contributed by atoms with Crippen molar-refractivity contribution in [2.45, 2.75) is 27.7 Å². The van der Waals surface area contributed by atoms with E-state index in [4.69, 9.17) is 5.11 Å². The Balaban J connectivity index is 4.34. The predicted octanol–water partition coefficient (Wildman–Crippen LogP) is 2.62. The van der Waals surface area contributed by atoms with Crippen LogP contribution in [0.4, 0.5) is 0 Å². The van der Waals surface area contributed by atoms with Crippen LogP contribution in [-0.2, 0) is 4.79 Å². The summed E-state index contributed by atoms with van der Waals surface area (Å²) in [6.45, 7) is 7.28. The number of rotatable bonds is 3. The first-order chi connectivity index (χ1) is 5.36. The van der Waals surface area contributed by atoms with Crippen LogP contribution in [0.25, 0.3) is 0 Å². The molecule has 0 bridgehead atoms. The van der Waals surface area contributed by atoms with E-state index >= 15 is 0 Å². The third-order valence-corrected chi connectivity index (χ3v) is 1.49. The maximum Gasteiger partial charge on any atom is 0.312 e. The fourth-order valence-electron chi connectivity index (χ4n) is 0.552. The summed E-state index contributed by atoms with van der Waals surface area (Å²) >= 11 is 0. The molecule has 0 saturated carbocycles. The molecule has 0 aliphatic carbocycles. The lowest BCUT2D eigenvalue weighted by Crippen LogP contribution is -2.20. The topological polar surface area (TPSA) is 37.3 Å². The number of hydrogen-bond donors (Lipinski definition) is 1. The van der Waals surface area contributed by atoms with Gasteiger partial charge in [0.2, 0.25) is 0 Å². The molecular weight excluding hydrogens is 152 g/mol. The molecule has 0 unspecified atom stereocenters. The Morgan fingerprint density at radius 2 is 1.83 bits per heavy atom. The molecule has 0 saturated heterocycles. The molecule has 0 aliphatic heterocycles. The van der Waals surface area contributed by atoms with Crippen LogP contribution < -0.4 is 0 Å². The average molecular weight is 168 g/mol. The molecule has 2 heteroatoms. The van der Waals surface area contributed by atoms with Gasteiger partial charge in [0.25, 0.3) is 0 Å². The zero-order valence-electron chi connectivity index (χ0n) is 8.09. The smallest absolute Gasteiger partial charge is 0.312 e. The van der Waals surface area contributed by atoms with Crippen LogP contribution in [0, 0.1) is 5.41 Å². The zero-order chi connectivity index (χ0) is 9.78.